The van der Waals surface area contributed by atoms with Crippen LogP contribution in [-0.4, -0.2) is 60.3 Å². The van der Waals surface area contributed by atoms with E-state index in [0.717, 1.165) is 5.56 Å². The lowest BCUT2D eigenvalue weighted by molar-refractivity contribution is -0.126. The largest absolute Gasteiger partial charge is 0.496 e. The van der Waals surface area contributed by atoms with Crippen LogP contribution in [0.4, 0.5) is 0 Å². The second-order valence-corrected chi connectivity index (χ2v) is 12.0. The van der Waals surface area contributed by atoms with Crippen molar-refractivity contribution < 1.29 is 26.4 Å². The fraction of sp³-hybridized carbons (Fsp3) is 0.435. The van der Waals surface area contributed by atoms with E-state index < -0.39 is 26.0 Å². The predicted molar refractivity (Wildman–Crippen MR) is 129 cm³/mol. The fourth-order valence-corrected chi connectivity index (χ4v) is 6.49. The minimum Gasteiger partial charge on any atom is -0.496 e. The number of carbonyl (C=O) groups is 1. The Morgan fingerprint density at radius 1 is 1.03 bits per heavy atom. The Kier molecular flexibility index (Phi) is 8.34. The van der Waals surface area contributed by atoms with Crippen molar-refractivity contribution in [1.29, 1.82) is 0 Å². The SMILES string of the molecule is COc1ccc(S(=O)(=O)N2CCC[C@@H](C(=O)NCCNS(=O)(=O)c3ccc(C)cc3)C2)cc1C. The second-order valence-electron chi connectivity index (χ2n) is 8.34. The number of piperidine rings is 1. The van der Waals surface area contributed by atoms with Gasteiger partial charge >= 0.3 is 0 Å². The summed E-state index contributed by atoms with van der Waals surface area (Å²) in [6.07, 6.45) is 1.13. The van der Waals surface area contributed by atoms with Gasteiger partial charge in [-0.25, -0.2) is 21.6 Å². The van der Waals surface area contributed by atoms with E-state index >= 15 is 0 Å². The molecule has 11 heteroatoms. The maximum Gasteiger partial charge on any atom is 0.243 e. The molecule has 186 valence electrons. The number of methoxy groups -OCH3 is 1. The van der Waals surface area contributed by atoms with Crippen molar-refractivity contribution in [2.75, 3.05) is 33.3 Å². The van der Waals surface area contributed by atoms with Gasteiger partial charge in [0.1, 0.15) is 5.75 Å². The van der Waals surface area contributed by atoms with E-state index in [4.69, 9.17) is 4.74 Å². The Morgan fingerprint density at radius 3 is 2.35 bits per heavy atom. The first-order valence-electron chi connectivity index (χ1n) is 11.0. The molecule has 0 radical (unpaired) electrons. The van der Waals surface area contributed by atoms with E-state index in [-0.39, 0.29) is 35.3 Å². The molecular formula is C23H31N3O6S2. The van der Waals surface area contributed by atoms with Crippen LogP contribution in [0.5, 0.6) is 5.75 Å². The molecule has 1 aliphatic heterocycles. The fourth-order valence-electron chi connectivity index (χ4n) is 3.85. The molecule has 2 aromatic carbocycles. The van der Waals surface area contributed by atoms with Crippen LogP contribution in [0.25, 0.3) is 0 Å². The summed E-state index contributed by atoms with van der Waals surface area (Å²) in [5.41, 5.74) is 1.67. The highest BCUT2D eigenvalue weighted by Crippen LogP contribution is 2.27. The third-order valence-corrected chi connectivity index (χ3v) is 9.14. The zero-order valence-electron chi connectivity index (χ0n) is 19.6. The number of carbonyl (C=O) groups excluding carboxylic acids is 1. The number of aryl methyl sites for hydroxylation is 2. The van der Waals surface area contributed by atoms with E-state index in [9.17, 15) is 21.6 Å². The number of hydrogen-bond donors (Lipinski definition) is 2. The summed E-state index contributed by atoms with van der Waals surface area (Å²) in [4.78, 5) is 13.0. The van der Waals surface area contributed by atoms with Gasteiger partial charge in [0.15, 0.2) is 0 Å². The monoisotopic (exact) mass is 509 g/mol. The first-order valence-corrected chi connectivity index (χ1v) is 14.0. The average molecular weight is 510 g/mol. The summed E-state index contributed by atoms with van der Waals surface area (Å²) >= 11 is 0. The molecule has 1 aliphatic rings. The van der Waals surface area contributed by atoms with Crippen molar-refractivity contribution in [2.45, 2.75) is 36.5 Å². The molecule has 0 saturated carbocycles. The maximum atomic E-state index is 13.1. The summed E-state index contributed by atoms with van der Waals surface area (Å²) in [7, 11) is -5.89. The van der Waals surface area contributed by atoms with E-state index in [0.29, 0.717) is 30.7 Å². The van der Waals surface area contributed by atoms with Gasteiger partial charge in [-0.3, -0.25) is 4.79 Å². The van der Waals surface area contributed by atoms with Gasteiger partial charge in [0.2, 0.25) is 26.0 Å². The Labute approximate surface area is 201 Å². The number of nitrogens with zero attached hydrogens (tertiary/aromatic N) is 1. The number of benzene rings is 2. The van der Waals surface area contributed by atoms with Crippen LogP contribution in [0, 0.1) is 19.8 Å². The molecule has 1 atom stereocenters. The highest BCUT2D eigenvalue weighted by molar-refractivity contribution is 7.89. The highest BCUT2D eigenvalue weighted by atomic mass is 32.2. The lowest BCUT2D eigenvalue weighted by Crippen LogP contribution is -2.46. The third kappa shape index (κ3) is 6.15. The minimum atomic E-state index is -3.75. The van der Waals surface area contributed by atoms with Crippen LogP contribution in [0.1, 0.15) is 24.0 Å². The van der Waals surface area contributed by atoms with Crippen molar-refractivity contribution in [3.63, 3.8) is 0 Å². The normalized spacial score (nSPS) is 17.3. The van der Waals surface area contributed by atoms with Crippen LogP contribution in [-0.2, 0) is 24.8 Å². The molecule has 1 amide bonds. The van der Waals surface area contributed by atoms with Crippen molar-refractivity contribution in [3.8, 4) is 5.75 Å². The molecule has 0 aromatic heterocycles. The maximum absolute atomic E-state index is 13.1. The molecule has 1 saturated heterocycles. The Hall–Kier alpha value is -2.47. The van der Waals surface area contributed by atoms with Crippen molar-refractivity contribution in [2.24, 2.45) is 5.92 Å². The number of sulfonamides is 2. The molecule has 9 nitrogen and oxygen atoms in total. The quantitative estimate of drug-likeness (QED) is 0.497. The summed E-state index contributed by atoms with van der Waals surface area (Å²) in [6.45, 7) is 4.20. The summed E-state index contributed by atoms with van der Waals surface area (Å²) in [6, 6.07) is 11.2. The Morgan fingerprint density at radius 2 is 1.71 bits per heavy atom. The van der Waals surface area contributed by atoms with Gasteiger partial charge in [-0.1, -0.05) is 17.7 Å². The number of ether oxygens (including phenoxy) is 1. The summed E-state index contributed by atoms with van der Waals surface area (Å²) in [5, 5.41) is 2.72. The molecule has 34 heavy (non-hydrogen) atoms. The molecule has 0 aliphatic carbocycles. The molecule has 1 fully saturated rings. The zero-order valence-corrected chi connectivity index (χ0v) is 21.2. The van der Waals surface area contributed by atoms with Crippen molar-refractivity contribution >= 4 is 26.0 Å². The van der Waals surface area contributed by atoms with E-state index in [1.807, 2.05) is 6.92 Å². The van der Waals surface area contributed by atoms with Crippen LogP contribution < -0.4 is 14.8 Å². The smallest absolute Gasteiger partial charge is 0.243 e. The number of rotatable bonds is 9. The highest BCUT2D eigenvalue weighted by Gasteiger charge is 2.33. The van der Waals surface area contributed by atoms with Gasteiger partial charge in [0, 0.05) is 26.2 Å². The Balaban J connectivity index is 1.55. The molecule has 1 heterocycles. The van der Waals surface area contributed by atoms with Gasteiger partial charge in [-0.15, -0.1) is 0 Å². The van der Waals surface area contributed by atoms with Gasteiger partial charge in [0.25, 0.3) is 0 Å². The van der Waals surface area contributed by atoms with Crippen molar-refractivity contribution in [1.82, 2.24) is 14.3 Å². The third-order valence-electron chi connectivity index (χ3n) is 5.81. The number of amides is 1. The first kappa shape index (κ1) is 26.1. The van der Waals surface area contributed by atoms with Gasteiger partial charge < -0.3 is 10.1 Å². The number of hydrogen-bond acceptors (Lipinski definition) is 6. The first-order chi connectivity index (χ1) is 16.0. The lowest BCUT2D eigenvalue weighted by Gasteiger charge is -2.31. The van der Waals surface area contributed by atoms with E-state index in [1.165, 1.54) is 29.6 Å². The molecule has 3 rings (SSSR count). The lowest BCUT2D eigenvalue weighted by atomic mass is 9.99. The van der Waals surface area contributed by atoms with Gasteiger partial charge in [0.05, 0.1) is 22.8 Å². The Bertz CT molecular complexity index is 1230. The van der Waals surface area contributed by atoms with Gasteiger partial charge in [-0.2, -0.15) is 4.31 Å². The standard InChI is InChI=1S/C23H31N3O6S2/c1-17-6-8-20(9-7-17)33(28,29)25-13-12-24-23(27)19-5-4-14-26(16-19)34(30,31)21-10-11-22(32-3)18(2)15-21/h6-11,15,19,25H,4-5,12-14,16H2,1-3H3,(H,24,27)/t19-/m1/s1. The van der Waals surface area contributed by atoms with Crippen LogP contribution >= 0.6 is 0 Å². The molecule has 2 aromatic rings. The molecule has 2 N–H and O–H groups in total. The minimum absolute atomic E-state index is 0.0296. The second kappa shape index (κ2) is 10.9. The van der Waals surface area contributed by atoms with Gasteiger partial charge in [-0.05, 0) is 62.6 Å². The predicted octanol–water partition coefficient (Wildman–Crippen LogP) is 1.81. The van der Waals surface area contributed by atoms with Crippen LogP contribution in [0.15, 0.2) is 52.3 Å². The molecular weight excluding hydrogens is 478 g/mol. The average Bonchev–Trinajstić information content (AvgIpc) is 2.82. The van der Waals surface area contributed by atoms with Crippen LogP contribution in [0.3, 0.4) is 0 Å². The zero-order chi connectivity index (χ0) is 24.9. The molecule has 0 spiro atoms. The van der Waals surface area contributed by atoms with E-state index in [1.54, 1.807) is 31.2 Å². The molecule has 0 unspecified atom stereocenters. The number of nitrogens with one attached hydrogen (secondary N) is 2. The van der Waals surface area contributed by atoms with Crippen LogP contribution in [0.2, 0.25) is 0 Å². The topological polar surface area (TPSA) is 122 Å². The van der Waals surface area contributed by atoms with Crippen molar-refractivity contribution in [3.05, 3.63) is 53.6 Å². The summed E-state index contributed by atoms with van der Waals surface area (Å²) < 4.78 is 59.9. The van der Waals surface area contributed by atoms with E-state index in [2.05, 4.69) is 10.0 Å². The summed E-state index contributed by atoms with van der Waals surface area (Å²) in [5.74, 6) is -0.190. The molecule has 0 bridgehead atoms.